The van der Waals surface area contributed by atoms with Crippen molar-refractivity contribution in [3.63, 3.8) is 0 Å². The minimum absolute atomic E-state index is 0.210. The highest BCUT2D eigenvalue weighted by atomic mass is 35.5. The Morgan fingerprint density at radius 1 is 1.08 bits per heavy atom. The molecule has 0 heterocycles. The van der Waals surface area contributed by atoms with E-state index in [-0.39, 0.29) is 11.8 Å². The van der Waals surface area contributed by atoms with Crippen LogP contribution in [0.1, 0.15) is 22.3 Å². The number of halogens is 1. The predicted molar refractivity (Wildman–Crippen MR) is 104 cm³/mol. The van der Waals surface area contributed by atoms with Gasteiger partial charge in [-0.1, -0.05) is 48.0 Å². The molecule has 2 amide bonds. The number of carbonyl (C=O) groups excluding carboxylic acids is 2. The third-order valence-corrected chi connectivity index (χ3v) is 4.69. The maximum atomic E-state index is 12.5. The molecule has 1 atom stereocenters. The van der Waals surface area contributed by atoms with E-state index in [1.165, 1.54) is 0 Å². The first kappa shape index (κ1) is 19.3. The zero-order valence-electron chi connectivity index (χ0n) is 14.0. The Morgan fingerprint density at radius 2 is 1.76 bits per heavy atom. The van der Waals surface area contributed by atoms with Gasteiger partial charge >= 0.3 is 0 Å². The van der Waals surface area contributed by atoms with Crippen molar-refractivity contribution in [2.24, 2.45) is 0 Å². The number of nitrogens with one attached hydrogen (secondary N) is 2. The Balaban J connectivity index is 1.99. The number of thioether (sulfide) groups is 1. The lowest BCUT2D eigenvalue weighted by atomic mass is 10.1. The van der Waals surface area contributed by atoms with Gasteiger partial charge in [-0.3, -0.25) is 9.59 Å². The van der Waals surface area contributed by atoms with Crippen molar-refractivity contribution in [1.29, 1.82) is 0 Å². The third-order valence-electron chi connectivity index (χ3n) is 3.68. The smallest absolute Gasteiger partial charge is 0.251 e. The molecule has 0 saturated heterocycles. The molecular formula is C19H21ClN2O2S. The highest BCUT2D eigenvalue weighted by Gasteiger charge is 2.21. The number of carbonyl (C=O) groups is 2. The summed E-state index contributed by atoms with van der Waals surface area (Å²) in [5.74, 6) is 0.317. The van der Waals surface area contributed by atoms with Crippen molar-refractivity contribution >= 4 is 35.2 Å². The van der Waals surface area contributed by atoms with E-state index in [0.29, 0.717) is 23.6 Å². The van der Waals surface area contributed by atoms with Crippen LogP contribution in [0.4, 0.5) is 0 Å². The quantitative estimate of drug-likeness (QED) is 0.741. The fraction of sp³-hybridized carbons (Fsp3) is 0.263. The summed E-state index contributed by atoms with van der Waals surface area (Å²) < 4.78 is 0. The Morgan fingerprint density at radius 3 is 2.44 bits per heavy atom. The molecule has 4 nitrogen and oxygen atoms in total. The normalized spacial score (nSPS) is 11.6. The molecule has 0 saturated carbocycles. The Labute approximate surface area is 157 Å². The van der Waals surface area contributed by atoms with Crippen LogP contribution in [-0.2, 0) is 11.3 Å². The Hall–Kier alpha value is -1.98. The summed E-state index contributed by atoms with van der Waals surface area (Å²) in [6.45, 7) is 0.329. The second kappa shape index (κ2) is 10.1. The van der Waals surface area contributed by atoms with Gasteiger partial charge in [0.15, 0.2) is 0 Å². The van der Waals surface area contributed by atoms with Crippen LogP contribution in [0.15, 0.2) is 54.6 Å². The molecule has 25 heavy (non-hydrogen) atoms. The summed E-state index contributed by atoms with van der Waals surface area (Å²) in [4.78, 5) is 24.9. The van der Waals surface area contributed by atoms with Gasteiger partial charge in [-0.05, 0) is 42.2 Å². The number of rotatable bonds is 8. The summed E-state index contributed by atoms with van der Waals surface area (Å²) in [5, 5.41) is 6.29. The maximum Gasteiger partial charge on any atom is 0.251 e. The molecule has 0 radical (unpaired) electrons. The summed E-state index contributed by atoms with van der Waals surface area (Å²) in [6, 6.07) is 15.7. The van der Waals surface area contributed by atoms with E-state index in [2.05, 4.69) is 10.6 Å². The number of amides is 2. The second-order valence-corrected chi connectivity index (χ2v) is 6.88. The maximum absolute atomic E-state index is 12.5. The SMILES string of the molecule is CSCC[C@H](NC(=O)c1ccccc1)C(=O)NCc1ccccc1Cl. The van der Waals surface area contributed by atoms with Crippen molar-refractivity contribution in [3.05, 3.63) is 70.7 Å². The molecule has 2 N–H and O–H groups in total. The lowest BCUT2D eigenvalue weighted by molar-refractivity contribution is -0.123. The van der Waals surface area contributed by atoms with Crippen molar-refractivity contribution in [1.82, 2.24) is 10.6 Å². The van der Waals surface area contributed by atoms with Crippen molar-refractivity contribution in [2.45, 2.75) is 19.0 Å². The topological polar surface area (TPSA) is 58.2 Å². The fourth-order valence-corrected chi connectivity index (χ4v) is 2.96. The average molecular weight is 377 g/mol. The van der Waals surface area contributed by atoms with Gasteiger partial charge in [0, 0.05) is 17.1 Å². The fourth-order valence-electron chi connectivity index (χ4n) is 2.28. The van der Waals surface area contributed by atoms with Gasteiger partial charge in [0.25, 0.3) is 5.91 Å². The van der Waals surface area contributed by atoms with Crippen LogP contribution < -0.4 is 10.6 Å². The van der Waals surface area contributed by atoms with Gasteiger partial charge in [-0.25, -0.2) is 0 Å². The molecule has 0 unspecified atom stereocenters. The van der Waals surface area contributed by atoms with Crippen molar-refractivity contribution in [2.75, 3.05) is 12.0 Å². The zero-order chi connectivity index (χ0) is 18.1. The van der Waals surface area contributed by atoms with E-state index in [0.717, 1.165) is 11.3 Å². The third kappa shape index (κ3) is 6.11. The van der Waals surface area contributed by atoms with Gasteiger partial charge in [-0.2, -0.15) is 11.8 Å². The number of hydrogen-bond acceptors (Lipinski definition) is 3. The predicted octanol–water partition coefficient (Wildman–Crippen LogP) is 3.51. The standard InChI is InChI=1S/C19H21ClN2O2S/c1-25-12-11-17(22-18(23)14-7-3-2-4-8-14)19(24)21-13-15-9-5-6-10-16(15)20/h2-10,17H,11-13H2,1H3,(H,21,24)(H,22,23)/t17-/m0/s1. The van der Waals surface area contributed by atoms with E-state index in [4.69, 9.17) is 11.6 Å². The highest BCUT2D eigenvalue weighted by molar-refractivity contribution is 7.98. The number of benzene rings is 2. The van der Waals surface area contributed by atoms with Crippen LogP contribution in [0.5, 0.6) is 0 Å². The van der Waals surface area contributed by atoms with Gasteiger partial charge in [0.2, 0.25) is 5.91 Å². The largest absolute Gasteiger partial charge is 0.350 e. The van der Waals surface area contributed by atoms with Gasteiger partial charge in [0.1, 0.15) is 6.04 Å². The molecule has 0 fully saturated rings. The molecule has 2 rings (SSSR count). The first-order valence-corrected chi connectivity index (χ1v) is 9.75. The molecule has 0 bridgehead atoms. The first-order valence-electron chi connectivity index (χ1n) is 7.97. The van der Waals surface area contributed by atoms with Crippen LogP contribution >= 0.6 is 23.4 Å². The summed E-state index contributed by atoms with van der Waals surface area (Å²) >= 11 is 7.75. The van der Waals surface area contributed by atoms with Crippen LogP contribution in [0, 0.1) is 0 Å². The molecule has 0 aliphatic rings. The lowest BCUT2D eigenvalue weighted by Crippen LogP contribution is -2.46. The molecule has 0 aliphatic carbocycles. The van der Waals surface area contributed by atoms with Crippen molar-refractivity contribution < 1.29 is 9.59 Å². The van der Waals surface area contributed by atoms with Crippen LogP contribution in [0.3, 0.4) is 0 Å². The number of hydrogen-bond donors (Lipinski definition) is 2. The molecule has 6 heteroatoms. The monoisotopic (exact) mass is 376 g/mol. The van der Waals surface area contributed by atoms with Gasteiger partial charge in [0.05, 0.1) is 0 Å². The van der Waals surface area contributed by atoms with Crippen molar-refractivity contribution in [3.8, 4) is 0 Å². The molecule has 0 spiro atoms. The average Bonchev–Trinajstić information content (AvgIpc) is 2.64. The molecule has 132 valence electrons. The van der Waals surface area contributed by atoms with Gasteiger partial charge < -0.3 is 10.6 Å². The molecule has 2 aromatic carbocycles. The van der Waals surface area contributed by atoms with E-state index in [9.17, 15) is 9.59 Å². The summed E-state index contributed by atoms with van der Waals surface area (Å²) in [5.41, 5.74) is 1.38. The van der Waals surface area contributed by atoms with E-state index in [1.54, 1.807) is 42.1 Å². The molecule has 0 aromatic heterocycles. The van der Waals surface area contributed by atoms with Crippen LogP contribution in [0.2, 0.25) is 5.02 Å². The summed E-state index contributed by atoms with van der Waals surface area (Å²) in [7, 11) is 0. The molecule has 2 aromatic rings. The zero-order valence-corrected chi connectivity index (χ0v) is 15.6. The van der Waals surface area contributed by atoms with E-state index >= 15 is 0 Å². The highest BCUT2D eigenvalue weighted by Crippen LogP contribution is 2.14. The van der Waals surface area contributed by atoms with Gasteiger partial charge in [-0.15, -0.1) is 0 Å². The summed E-state index contributed by atoms with van der Waals surface area (Å²) in [6.07, 6.45) is 2.53. The molecular weight excluding hydrogens is 356 g/mol. The second-order valence-electron chi connectivity index (χ2n) is 5.48. The van der Waals surface area contributed by atoms with E-state index < -0.39 is 6.04 Å². The Kier molecular flexibility index (Phi) is 7.82. The van der Waals surface area contributed by atoms with Crippen LogP contribution in [0.25, 0.3) is 0 Å². The van der Waals surface area contributed by atoms with Crippen LogP contribution in [-0.4, -0.2) is 29.9 Å². The Bertz CT molecular complexity index is 710. The minimum Gasteiger partial charge on any atom is -0.350 e. The minimum atomic E-state index is -0.581. The first-order chi connectivity index (χ1) is 12.1. The lowest BCUT2D eigenvalue weighted by Gasteiger charge is -2.18. The molecule has 0 aliphatic heterocycles. The van der Waals surface area contributed by atoms with E-state index in [1.807, 2.05) is 30.5 Å².